The van der Waals surface area contributed by atoms with Gasteiger partial charge in [-0.25, -0.2) is 9.48 Å². The topological polar surface area (TPSA) is 91.5 Å². The van der Waals surface area contributed by atoms with Gasteiger partial charge in [0.25, 0.3) is 0 Å². The predicted octanol–water partition coefficient (Wildman–Crippen LogP) is 0.528. The molecule has 0 bridgehead atoms. The van der Waals surface area contributed by atoms with E-state index in [2.05, 4.69) is 15.2 Å². The van der Waals surface area contributed by atoms with Crippen LogP contribution >= 0.6 is 0 Å². The molecule has 3 rings (SSSR count). The van der Waals surface area contributed by atoms with Crippen molar-refractivity contribution in [3.05, 3.63) is 11.9 Å². The molecular weight excluding hydrogens is 260 g/mol. The fraction of sp³-hybridized carbons (Fsp3) is 0.769. The van der Waals surface area contributed by atoms with E-state index in [0.717, 1.165) is 38.8 Å². The van der Waals surface area contributed by atoms with E-state index in [1.54, 1.807) is 4.68 Å². The Morgan fingerprint density at radius 3 is 2.65 bits per heavy atom. The Balaban J connectivity index is 1.51. The zero-order valence-corrected chi connectivity index (χ0v) is 11.4. The average Bonchev–Trinajstić information content (AvgIpc) is 2.83. The van der Waals surface area contributed by atoms with Crippen LogP contribution in [0.25, 0.3) is 0 Å². The highest BCUT2D eigenvalue weighted by Gasteiger charge is 2.37. The quantitative estimate of drug-likeness (QED) is 0.836. The molecule has 0 radical (unpaired) electrons. The van der Waals surface area contributed by atoms with Gasteiger partial charge in [-0.3, -0.25) is 4.90 Å². The summed E-state index contributed by atoms with van der Waals surface area (Å²) in [6.07, 6.45) is 6.69. The summed E-state index contributed by atoms with van der Waals surface area (Å²) in [6.45, 7) is 2.31. The third-order valence-corrected chi connectivity index (χ3v) is 4.34. The van der Waals surface area contributed by atoms with Crippen molar-refractivity contribution in [2.75, 3.05) is 19.6 Å². The molecule has 7 nitrogen and oxygen atoms in total. The minimum atomic E-state index is -1.05. The number of β-amino-alcohol motifs (C(OH)–C–C–N with tert-alkyl or cyclic N) is 1. The van der Waals surface area contributed by atoms with E-state index >= 15 is 0 Å². The number of rotatable bonds is 4. The van der Waals surface area contributed by atoms with E-state index in [1.165, 1.54) is 12.6 Å². The van der Waals surface area contributed by atoms with Crippen molar-refractivity contribution in [1.82, 2.24) is 19.9 Å². The second-order valence-corrected chi connectivity index (χ2v) is 6.02. The smallest absolute Gasteiger partial charge is 0.358 e. The molecule has 1 aliphatic heterocycles. The number of carboxylic acid groups (broad SMARTS) is 1. The highest BCUT2D eigenvalue weighted by Crippen LogP contribution is 2.31. The van der Waals surface area contributed by atoms with Crippen molar-refractivity contribution >= 4 is 5.97 Å². The van der Waals surface area contributed by atoms with Crippen LogP contribution in [0.1, 0.15) is 48.6 Å². The Morgan fingerprint density at radius 1 is 1.35 bits per heavy atom. The maximum absolute atomic E-state index is 10.8. The van der Waals surface area contributed by atoms with Crippen LogP contribution in [0.4, 0.5) is 0 Å². The third kappa shape index (κ3) is 2.69. The summed E-state index contributed by atoms with van der Waals surface area (Å²) >= 11 is 0. The van der Waals surface area contributed by atoms with Gasteiger partial charge >= 0.3 is 5.97 Å². The minimum Gasteiger partial charge on any atom is -0.476 e. The van der Waals surface area contributed by atoms with Crippen LogP contribution < -0.4 is 0 Å². The predicted molar refractivity (Wildman–Crippen MR) is 70.5 cm³/mol. The summed E-state index contributed by atoms with van der Waals surface area (Å²) < 4.78 is 1.62. The standard InChI is InChI=1S/C13H20N4O3/c18-12(19)11-8-17(15-14-11)10-6-16(7-10)9-13(20)4-2-1-3-5-13/h8,10,20H,1-7,9H2,(H,18,19). The first-order valence-electron chi connectivity index (χ1n) is 7.16. The molecule has 110 valence electrons. The number of likely N-dealkylation sites (tertiary alicyclic amines) is 1. The summed E-state index contributed by atoms with van der Waals surface area (Å²) in [6, 6.07) is 0.169. The summed E-state index contributed by atoms with van der Waals surface area (Å²) in [5.74, 6) is -1.05. The summed E-state index contributed by atoms with van der Waals surface area (Å²) in [5.41, 5.74) is -0.549. The van der Waals surface area contributed by atoms with Gasteiger partial charge in [0.1, 0.15) is 0 Å². The van der Waals surface area contributed by atoms with E-state index in [9.17, 15) is 9.90 Å². The molecule has 0 spiro atoms. The number of aromatic carboxylic acids is 1. The van der Waals surface area contributed by atoms with Gasteiger partial charge in [0.2, 0.25) is 0 Å². The summed E-state index contributed by atoms with van der Waals surface area (Å²) in [7, 11) is 0. The molecule has 0 amide bonds. The minimum absolute atomic E-state index is 0.0191. The lowest BCUT2D eigenvalue weighted by Crippen LogP contribution is -2.54. The average molecular weight is 280 g/mol. The largest absolute Gasteiger partial charge is 0.476 e. The molecule has 1 aliphatic carbocycles. The van der Waals surface area contributed by atoms with Crippen molar-refractivity contribution in [3.63, 3.8) is 0 Å². The van der Waals surface area contributed by atoms with E-state index in [1.807, 2.05) is 0 Å². The maximum atomic E-state index is 10.8. The Hall–Kier alpha value is -1.47. The number of nitrogens with zero attached hydrogens (tertiary/aromatic N) is 4. The van der Waals surface area contributed by atoms with Crippen LogP contribution in [0.5, 0.6) is 0 Å². The van der Waals surface area contributed by atoms with Crippen LogP contribution in [-0.4, -0.2) is 61.3 Å². The first-order chi connectivity index (χ1) is 9.56. The Kier molecular flexibility index (Phi) is 3.47. The second-order valence-electron chi connectivity index (χ2n) is 6.02. The molecule has 1 saturated carbocycles. The van der Waals surface area contributed by atoms with E-state index < -0.39 is 11.6 Å². The van der Waals surface area contributed by atoms with Gasteiger partial charge in [-0.05, 0) is 12.8 Å². The zero-order chi connectivity index (χ0) is 14.2. The Bertz CT molecular complexity index is 490. The highest BCUT2D eigenvalue weighted by atomic mass is 16.4. The Labute approximate surface area is 117 Å². The molecule has 20 heavy (non-hydrogen) atoms. The molecule has 0 unspecified atom stereocenters. The fourth-order valence-electron chi connectivity index (χ4n) is 3.18. The molecule has 0 atom stereocenters. The van der Waals surface area contributed by atoms with Gasteiger partial charge < -0.3 is 10.2 Å². The number of carbonyl (C=O) groups is 1. The molecule has 1 aromatic rings. The van der Waals surface area contributed by atoms with Gasteiger partial charge in [0.05, 0.1) is 17.8 Å². The van der Waals surface area contributed by atoms with Crippen LogP contribution in [0.3, 0.4) is 0 Å². The maximum Gasteiger partial charge on any atom is 0.358 e. The first-order valence-corrected chi connectivity index (χ1v) is 7.16. The second kappa shape index (κ2) is 5.14. The number of hydrogen-bond acceptors (Lipinski definition) is 5. The van der Waals surface area contributed by atoms with E-state index in [0.29, 0.717) is 6.54 Å². The van der Waals surface area contributed by atoms with Crippen molar-refractivity contribution in [2.24, 2.45) is 0 Å². The first kappa shape index (κ1) is 13.5. The molecule has 7 heteroatoms. The van der Waals surface area contributed by atoms with Gasteiger partial charge in [-0.1, -0.05) is 24.5 Å². The van der Waals surface area contributed by atoms with Crippen LogP contribution in [0.15, 0.2) is 6.20 Å². The van der Waals surface area contributed by atoms with Gasteiger partial charge in [-0.15, -0.1) is 5.10 Å². The van der Waals surface area contributed by atoms with Crippen molar-refractivity contribution in [2.45, 2.75) is 43.7 Å². The third-order valence-electron chi connectivity index (χ3n) is 4.34. The van der Waals surface area contributed by atoms with Crippen molar-refractivity contribution in [3.8, 4) is 0 Å². The normalized spacial score (nSPS) is 23.4. The summed E-state index contributed by atoms with van der Waals surface area (Å²) in [4.78, 5) is 13.0. The zero-order valence-electron chi connectivity index (χ0n) is 11.4. The van der Waals surface area contributed by atoms with Gasteiger partial charge in [0.15, 0.2) is 5.69 Å². The SMILES string of the molecule is O=C(O)c1cn(C2CN(CC3(O)CCCCC3)C2)nn1. The van der Waals surface area contributed by atoms with Crippen molar-refractivity contribution in [1.29, 1.82) is 0 Å². The van der Waals surface area contributed by atoms with Gasteiger partial charge in [0, 0.05) is 19.6 Å². The molecule has 2 heterocycles. The number of aliphatic hydroxyl groups is 1. The number of hydrogen-bond donors (Lipinski definition) is 2. The molecule has 2 N–H and O–H groups in total. The van der Waals surface area contributed by atoms with E-state index in [4.69, 9.17) is 5.11 Å². The Morgan fingerprint density at radius 2 is 2.05 bits per heavy atom. The molecule has 1 saturated heterocycles. The van der Waals surface area contributed by atoms with E-state index in [-0.39, 0.29) is 11.7 Å². The lowest BCUT2D eigenvalue weighted by Gasteiger charge is -2.44. The molecule has 2 aliphatic rings. The lowest BCUT2D eigenvalue weighted by molar-refractivity contribution is -0.0522. The molecular formula is C13H20N4O3. The van der Waals surface area contributed by atoms with Crippen LogP contribution in [0.2, 0.25) is 0 Å². The number of carboxylic acids is 1. The monoisotopic (exact) mass is 280 g/mol. The van der Waals surface area contributed by atoms with Crippen LogP contribution in [-0.2, 0) is 0 Å². The highest BCUT2D eigenvalue weighted by molar-refractivity contribution is 5.84. The summed E-state index contributed by atoms with van der Waals surface area (Å²) in [5, 5.41) is 26.8. The molecule has 0 aromatic carbocycles. The number of aromatic nitrogens is 3. The molecule has 1 aromatic heterocycles. The van der Waals surface area contributed by atoms with Crippen molar-refractivity contribution < 1.29 is 15.0 Å². The molecule has 2 fully saturated rings. The lowest BCUT2D eigenvalue weighted by atomic mass is 9.84. The fourth-order valence-corrected chi connectivity index (χ4v) is 3.18. The van der Waals surface area contributed by atoms with Crippen LogP contribution in [0, 0.1) is 0 Å². The van der Waals surface area contributed by atoms with Gasteiger partial charge in [-0.2, -0.15) is 0 Å².